The minimum absolute atomic E-state index is 0.0835. The van der Waals surface area contributed by atoms with Crippen LogP contribution in [0.15, 0.2) is 21.2 Å². The van der Waals surface area contributed by atoms with E-state index in [2.05, 4.69) is 20.3 Å². The van der Waals surface area contributed by atoms with Gasteiger partial charge in [0.05, 0.1) is 12.5 Å². The molecule has 0 unspecified atom stereocenters. The summed E-state index contributed by atoms with van der Waals surface area (Å²) in [5.41, 5.74) is -0.438. The van der Waals surface area contributed by atoms with Crippen LogP contribution in [0.3, 0.4) is 0 Å². The minimum atomic E-state index is -0.573. The first-order valence-corrected chi connectivity index (χ1v) is 7.40. The SMILES string of the molecule is CC[C@H](NC(=O)Cc1c(C)[nH]c(=O)[nH]c1=O)c1nccs1. The molecule has 0 saturated carbocycles. The highest BCUT2D eigenvalue weighted by Crippen LogP contribution is 2.18. The first-order valence-electron chi connectivity index (χ1n) is 6.52. The van der Waals surface area contributed by atoms with E-state index in [1.807, 2.05) is 12.3 Å². The van der Waals surface area contributed by atoms with Crippen molar-refractivity contribution in [1.82, 2.24) is 20.3 Å². The minimum Gasteiger partial charge on any atom is -0.347 e. The summed E-state index contributed by atoms with van der Waals surface area (Å²) in [5, 5.41) is 5.53. The van der Waals surface area contributed by atoms with Gasteiger partial charge in [-0.2, -0.15) is 0 Å². The molecule has 0 aliphatic heterocycles. The molecule has 2 aromatic heterocycles. The van der Waals surface area contributed by atoms with Crippen LogP contribution in [0.1, 0.15) is 35.7 Å². The van der Waals surface area contributed by atoms with Crippen molar-refractivity contribution < 1.29 is 4.79 Å². The van der Waals surface area contributed by atoms with Crippen molar-refractivity contribution in [3.63, 3.8) is 0 Å². The maximum atomic E-state index is 12.1. The summed E-state index contributed by atoms with van der Waals surface area (Å²) in [6.45, 7) is 3.54. The zero-order chi connectivity index (χ0) is 15.4. The Balaban J connectivity index is 2.12. The fourth-order valence-corrected chi connectivity index (χ4v) is 2.76. The molecule has 0 bridgehead atoms. The molecule has 0 spiro atoms. The highest BCUT2D eigenvalue weighted by atomic mass is 32.1. The van der Waals surface area contributed by atoms with E-state index < -0.39 is 11.2 Å². The van der Waals surface area contributed by atoms with Gasteiger partial charge in [-0.15, -0.1) is 11.3 Å². The molecule has 0 fully saturated rings. The number of rotatable bonds is 5. The molecule has 1 atom stereocenters. The maximum Gasteiger partial charge on any atom is 0.325 e. The highest BCUT2D eigenvalue weighted by Gasteiger charge is 2.17. The summed E-state index contributed by atoms with van der Waals surface area (Å²) in [4.78, 5) is 43.7. The van der Waals surface area contributed by atoms with Crippen molar-refractivity contribution in [2.75, 3.05) is 0 Å². The van der Waals surface area contributed by atoms with Crippen molar-refractivity contribution in [1.29, 1.82) is 0 Å². The van der Waals surface area contributed by atoms with Gasteiger partial charge in [0, 0.05) is 22.8 Å². The molecule has 2 rings (SSSR count). The van der Waals surface area contributed by atoms with Crippen LogP contribution in [0.25, 0.3) is 0 Å². The predicted octanol–water partition coefficient (Wildman–Crippen LogP) is 0.638. The van der Waals surface area contributed by atoms with Crippen LogP contribution < -0.4 is 16.6 Å². The molecule has 0 saturated heterocycles. The Bertz CT molecular complexity index is 733. The number of carbonyl (C=O) groups excluding carboxylic acids is 1. The lowest BCUT2D eigenvalue weighted by atomic mass is 10.1. The predicted molar refractivity (Wildman–Crippen MR) is 79.4 cm³/mol. The lowest BCUT2D eigenvalue weighted by Gasteiger charge is -2.14. The van der Waals surface area contributed by atoms with Gasteiger partial charge in [0.2, 0.25) is 5.91 Å². The molecule has 1 amide bonds. The quantitative estimate of drug-likeness (QED) is 0.753. The summed E-state index contributed by atoms with van der Waals surface area (Å²) in [6, 6.07) is -0.167. The zero-order valence-electron chi connectivity index (χ0n) is 11.7. The van der Waals surface area contributed by atoms with Gasteiger partial charge in [-0.3, -0.25) is 14.6 Å². The second-order valence-electron chi connectivity index (χ2n) is 4.59. The summed E-state index contributed by atoms with van der Waals surface area (Å²) in [7, 11) is 0. The molecule has 0 aliphatic carbocycles. The third-order valence-electron chi connectivity index (χ3n) is 3.09. The number of hydrogen-bond acceptors (Lipinski definition) is 5. The summed E-state index contributed by atoms with van der Waals surface area (Å²) in [5.74, 6) is -0.280. The van der Waals surface area contributed by atoms with Gasteiger partial charge in [-0.05, 0) is 13.3 Å². The van der Waals surface area contributed by atoms with Crippen LogP contribution in [0, 0.1) is 6.92 Å². The fraction of sp³-hybridized carbons (Fsp3) is 0.385. The lowest BCUT2D eigenvalue weighted by Crippen LogP contribution is -2.34. The number of hydrogen-bond donors (Lipinski definition) is 3. The van der Waals surface area contributed by atoms with Crippen LogP contribution in [0.2, 0.25) is 0 Å². The van der Waals surface area contributed by atoms with E-state index in [9.17, 15) is 14.4 Å². The molecule has 2 aromatic rings. The Morgan fingerprint density at radius 3 is 2.76 bits per heavy atom. The molecule has 3 N–H and O–H groups in total. The Morgan fingerprint density at radius 2 is 2.19 bits per heavy atom. The molecule has 0 aromatic carbocycles. The highest BCUT2D eigenvalue weighted by molar-refractivity contribution is 7.09. The van der Waals surface area contributed by atoms with Crippen molar-refractivity contribution in [2.24, 2.45) is 0 Å². The van der Waals surface area contributed by atoms with Crippen molar-refractivity contribution >= 4 is 17.2 Å². The van der Waals surface area contributed by atoms with E-state index in [0.29, 0.717) is 12.1 Å². The van der Waals surface area contributed by atoms with Crippen molar-refractivity contribution in [2.45, 2.75) is 32.7 Å². The molecular weight excluding hydrogens is 292 g/mol. The van der Waals surface area contributed by atoms with Gasteiger partial charge >= 0.3 is 5.69 Å². The third kappa shape index (κ3) is 3.66. The zero-order valence-corrected chi connectivity index (χ0v) is 12.5. The smallest absolute Gasteiger partial charge is 0.325 e. The van der Waals surface area contributed by atoms with Gasteiger partial charge in [-0.25, -0.2) is 9.78 Å². The Labute approximate surface area is 124 Å². The number of nitrogens with one attached hydrogen (secondary N) is 3. The van der Waals surface area contributed by atoms with E-state index in [0.717, 1.165) is 5.01 Å². The van der Waals surface area contributed by atoms with Crippen LogP contribution in [-0.2, 0) is 11.2 Å². The topological polar surface area (TPSA) is 108 Å². The first kappa shape index (κ1) is 15.2. The summed E-state index contributed by atoms with van der Waals surface area (Å²) in [6.07, 6.45) is 2.31. The van der Waals surface area contributed by atoms with Crippen LogP contribution in [0.5, 0.6) is 0 Å². The molecule has 0 radical (unpaired) electrons. The van der Waals surface area contributed by atoms with Crippen molar-refractivity contribution in [3.8, 4) is 0 Å². The molecular formula is C13H16N4O3S. The normalized spacial score (nSPS) is 12.1. The van der Waals surface area contributed by atoms with E-state index in [-0.39, 0.29) is 23.9 Å². The molecule has 0 aliphatic rings. The van der Waals surface area contributed by atoms with E-state index >= 15 is 0 Å². The van der Waals surface area contributed by atoms with Gasteiger partial charge in [0.25, 0.3) is 5.56 Å². The average Bonchev–Trinajstić information content (AvgIpc) is 2.94. The molecule has 7 nitrogen and oxygen atoms in total. The second kappa shape index (κ2) is 6.49. The van der Waals surface area contributed by atoms with E-state index in [1.54, 1.807) is 13.1 Å². The molecule has 21 heavy (non-hydrogen) atoms. The second-order valence-corrected chi connectivity index (χ2v) is 5.51. The van der Waals surface area contributed by atoms with E-state index in [4.69, 9.17) is 0 Å². The average molecular weight is 308 g/mol. The van der Waals surface area contributed by atoms with Crippen LogP contribution >= 0.6 is 11.3 Å². The largest absolute Gasteiger partial charge is 0.347 e. The van der Waals surface area contributed by atoms with Crippen LogP contribution in [0.4, 0.5) is 0 Å². The number of aromatic nitrogens is 3. The van der Waals surface area contributed by atoms with Gasteiger partial charge in [0.15, 0.2) is 0 Å². The Kier molecular flexibility index (Phi) is 4.69. The summed E-state index contributed by atoms with van der Waals surface area (Å²) >= 11 is 1.47. The molecule has 2 heterocycles. The van der Waals surface area contributed by atoms with Crippen LogP contribution in [-0.4, -0.2) is 20.9 Å². The number of H-pyrrole nitrogens is 2. The lowest BCUT2D eigenvalue weighted by molar-refractivity contribution is -0.121. The number of thiazole rings is 1. The van der Waals surface area contributed by atoms with E-state index in [1.165, 1.54) is 11.3 Å². The fourth-order valence-electron chi connectivity index (χ4n) is 1.99. The number of nitrogens with zero attached hydrogens (tertiary/aromatic N) is 1. The van der Waals surface area contributed by atoms with Gasteiger partial charge in [-0.1, -0.05) is 6.92 Å². The molecule has 8 heteroatoms. The number of aromatic amines is 2. The first-order chi connectivity index (χ1) is 10.0. The van der Waals surface area contributed by atoms with Gasteiger partial charge < -0.3 is 10.3 Å². The summed E-state index contributed by atoms with van der Waals surface area (Å²) < 4.78 is 0. The monoisotopic (exact) mass is 308 g/mol. The number of carbonyl (C=O) groups is 1. The Morgan fingerprint density at radius 1 is 1.43 bits per heavy atom. The third-order valence-corrected chi connectivity index (χ3v) is 3.97. The molecule has 112 valence electrons. The maximum absolute atomic E-state index is 12.1. The Hall–Kier alpha value is -2.22. The number of aryl methyl sites for hydroxylation is 1. The van der Waals surface area contributed by atoms with Crippen molar-refractivity contribution in [3.05, 3.63) is 48.7 Å². The van der Waals surface area contributed by atoms with Gasteiger partial charge in [0.1, 0.15) is 5.01 Å². The number of amides is 1. The standard InChI is InChI=1S/C13H16N4O3S/c1-3-9(12-14-4-5-21-12)16-10(18)6-8-7(2)15-13(20)17-11(8)19/h4-5,9H,3,6H2,1-2H3,(H,16,18)(H2,15,17,19,20)/t9-/m0/s1.